The van der Waals surface area contributed by atoms with E-state index in [1.807, 2.05) is 67.5 Å². The zero-order chi connectivity index (χ0) is 17.6. The van der Waals surface area contributed by atoms with E-state index in [1.165, 1.54) is 0 Å². The second-order valence-corrected chi connectivity index (χ2v) is 5.70. The lowest BCUT2D eigenvalue weighted by atomic mass is 10.3. The lowest BCUT2D eigenvalue weighted by molar-refractivity contribution is 0.251. The summed E-state index contributed by atoms with van der Waals surface area (Å²) in [6.45, 7) is 0.348. The number of carbonyl (C=O) groups is 1. The maximum Gasteiger partial charge on any atom is 0.319 e. The number of para-hydroxylation sites is 1. The Morgan fingerprint density at radius 3 is 2.68 bits per heavy atom. The molecule has 0 unspecified atom stereocenters. The average Bonchev–Trinajstić information content (AvgIpc) is 3.09. The summed E-state index contributed by atoms with van der Waals surface area (Å²) < 4.78 is 1.71. The molecule has 0 bridgehead atoms. The van der Waals surface area contributed by atoms with Gasteiger partial charge >= 0.3 is 6.03 Å². The minimum absolute atomic E-state index is 0.301. The first-order chi connectivity index (χ1) is 12.1. The van der Waals surface area contributed by atoms with E-state index in [1.54, 1.807) is 17.1 Å². The van der Waals surface area contributed by atoms with Gasteiger partial charge in [0.05, 0.1) is 36.0 Å². The first kappa shape index (κ1) is 16.5. The van der Waals surface area contributed by atoms with Crippen LogP contribution in [0.25, 0.3) is 5.69 Å². The molecular formula is C18H20N6O. The van der Waals surface area contributed by atoms with Crippen LogP contribution in [0.2, 0.25) is 0 Å². The van der Waals surface area contributed by atoms with Crippen LogP contribution in [0.4, 0.5) is 16.3 Å². The fourth-order valence-corrected chi connectivity index (χ4v) is 2.27. The molecule has 0 saturated heterocycles. The van der Waals surface area contributed by atoms with Gasteiger partial charge in [0.1, 0.15) is 5.82 Å². The van der Waals surface area contributed by atoms with E-state index in [4.69, 9.17) is 0 Å². The molecule has 25 heavy (non-hydrogen) atoms. The third kappa shape index (κ3) is 4.35. The van der Waals surface area contributed by atoms with Gasteiger partial charge in [0.2, 0.25) is 0 Å². The highest BCUT2D eigenvalue weighted by Crippen LogP contribution is 2.11. The van der Waals surface area contributed by atoms with Crippen molar-refractivity contribution in [2.75, 3.05) is 24.3 Å². The zero-order valence-corrected chi connectivity index (χ0v) is 14.2. The fourth-order valence-electron chi connectivity index (χ4n) is 2.27. The first-order valence-electron chi connectivity index (χ1n) is 7.90. The number of nitrogens with one attached hydrogen (secondary N) is 2. The zero-order valence-electron chi connectivity index (χ0n) is 14.2. The Labute approximate surface area is 146 Å². The number of hydrogen-bond donors (Lipinski definition) is 2. The van der Waals surface area contributed by atoms with Gasteiger partial charge in [-0.05, 0) is 24.3 Å². The second-order valence-electron chi connectivity index (χ2n) is 5.70. The van der Waals surface area contributed by atoms with Crippen LogP contribution < -0.4 is 15.5 Å². The largest absolute Gasteiger partial charge is 0.363 e. The smallest absolute Gasteiger partial charge is 0.319 e. The summed E-state index contributed by atoms with van der Waals surface area (Å²) in [5, 5.41) is 9.81. The van der Waals surface area contributed by atoms with E-state index in [0.29, 0.717) is 12.2 Å². The molecule has 7 heteroatoms. The minimum Gasteiger partial charge on any atom is -0.363 e. The number of anilines is 2. The third-order valence-electron chi connectivity index (χ3n) is 3.54. The Bertz CT molecular complexity index is 844. The van der Waals surface area contributed by atoms with Crippen molar-refractivity contribution in [3.05, 3.63) is 66.6 Å². The average molecular weight is 336 g/mol. The van der Waals surface area contributed by atoms with Gasteiger partial charge in [-0.25, -0.2) is 14.5 Å². The molecule has 3 aromatic rings. The van der Waals surface area contributed by atoms with Gasteiger partial charge in [-0.1, -0.05) is 24.3 Å². The molecule has 0 saturated carbocycles. The molecule has 0 spiro atoms. The molecule has 0 fully saturated rings. The molecule has 3 rings (SSSR count). The molecule has 1 aromatic carbocycles. The minimum atomic E-state index is -0.301. The summed E-state index contributed by atoms with van der Waals surface area (Å²) in [5.41, 5.74) is 2.35. The summed E-state index contributed by atoms with van der Waals surface area (Å²) in [7, 11) is 3.85. The predicted molar refractivity (Wildman–Crippen MR) is 98.0 cm³/mol. The van der Waals surface area contributed by atoms with Crippen molar-refractivity contribution < 1.29 is 4.79 Å². The molecule has 0 aliphatic heterocycles. The van der Waals surface area contributed by atoms with Gasteiger partial charge in [-0.2, -0.15) is 5.10 Å². The Kier molecular flexibility index (Phi) is 4.94. The van der Waals surface area contributed by atoms with Crippen molar-refractivity contribution >= 4 is 17.5 Å². The highest BCUT2D eigenvalue weighted by molar-refractivity contribution is 5.88. The molecule has 7 nitrogen and oxygen atoms in total. The normalized spacial score (nSPS) is 10.3. The van der Waals surface area contributed by atoms with E-state index in [9.17, 15) is 4.79 Å². The third-order valence-corrected chi connectivity index (χ3v) is 3.54. The number of urea groups is 1. The van der Waals surface area contributed by atoms with Gasteiger partial charge in [-0.15, -0.1) is 0 Å². The lowest BCUT2D eigenvalue weighted by Crippen LogP contribution is -2.28. The Balaban J connectivity index is 1.56. The van der Waals surface area contributed by atoms with Crippen molar-refractivity contribution in [1.29, 1.82) is 0 Å². The van der Waals surface area contributed by atoms with Gasteiger partial charge < -0.3 is 15.5 Å². The Hall–Kier alpha value is -3.35. The number of nitrogens with zero attached hydrogens (tertiary/aromatic N) is 4. The topological polar surface area (TPSA) is 75.1 Å². The van der Waals surface area contributed by atoms with E-state index < -0.39 is 0 Å². The first-order valence-corrected chi connectivity index (χ1v) is 7.90. The molecule has 2 N–H and O–H groups in total. The van der Waals surface area contributed by atoms with Crippen LogP contribution in [0.15, 0.2) is 60.9 Å². The van der Waals surface area contributed by atoms with Gasteiger partial charge in [0.25, 0.3) is 0 Å². The lowest BCUT2D eigenvalue weighted by Gasteiger charge is -2.12. The van der Waals surface area contributed by atoms with E-state index >= 15 is 0 Å². The number of amides is 2. The summed E-state index contributed by atoms with van der Waals surface area (Å²) in [6, 6.07) is 15.1. The van der Waals surface area contributed by atoms with Crippen molar-refractivity contribution in [3.63, 3.8) is 0 Å². The van der Waals surface area contributed by atoms with Crippen molar-refractivity contribution in [2.24, 2.45) is 0 Å². The van der Waals surface area contributed by atoms with E-state index in [0.717, 1.165) is 17.2 Å². The van der Waals surface area contributed by atoms with Crippen LogP contribution in [0.1, 0.15) is 5.69 Å². The summed E-state index contributed by atoms with van der Waals surface area (Å²) in [5.74, 6) is 0.851. The van der Waals surface area contributed by atoms with Crippen LogP contribution in [0.3, 0.4) is 0 Å². The quantitative estimate of drug-likeness (QED) is 0.751. The van der Waals surface area contributed by atoms with Crippen LogP contribution >= 0.6 is 0 Å². The van der Waals surface area contributed by atoms with E-state index in [-0.39, 0.29) is 6.03 Å². The number of hydrogen-bond acceptors (Lipinski definition) is 4. The monoisotopic (exact) mass is 336 g/mol. The molecule has 0 aliphatic rings. The number of benzene rings is 1. The fraction of sp³-hybridized carbons (Fsp3) is 0.167. The van der Waals surface area contributed by atoms with Crippen LogP contribution in [-0.4, -0.2) is 34.9 Å². The van der Waals surface area contributed by atoms with Crippen LogP contribution in [-0.2, 0) is 6.54 Å². The summed E-state index contributed by atoms with van der Waals surface area (Å²) in [4.78, 5) is 18.4. The number of carbonyl (C=O) groups excluding carboxylic acids is 1. The molecule has 2 heterocycles. The molecule has 0 atom stereocenters. The number of aromatic nitrogens is 3. The van der Waals surface area contributed by atoms with E-state index in [2.05, 4.69) is 20.7 Å². The molecule has 2 amide bonds. The van der Waals surface area contributed by atoms with Crippen molar-refractivity contribution in [3.8, 4) is 5.69 Å². The van der Waals surface area contributed by atoms with Crippen LogP contribution in [0, 0.1) is 0 Å². The molecule has 128 valence electrons. The van der Waals surface area contributed by atoms with Crippen molar-refractivity contribution in [2.45, 2.75) is 6.54 Å². The molecule has 0 aliphatic carbocycles. The summed E-state index contributed by atoms with van der Waals surface area (Å²) in [6.07, 6.45) is 3.37. The SMILES string of the molecule is CN(C)c1cccc(CNC(=O)Nc2cnn(-c3ccccc3)c2)n1. The maximum absolute atomic E-state index is 12.1. The maximum atomic E-state index is 12.1. The number of rotatable bonds is 5. The van der Waals surface area contributed by atoms with Gasteiger partial charge in [0, 0.05) is 14.1 Å². The number of pyridine rings is 1. The Morgan fingerprint density at radius 2 is 1.92 bits per heavy atom. The Morgan fingerprint density at radius 1 is 1.12 bits per heavy atom. The molecular weight excluding hydrogens is 316 g/mol. The van der Waals surface area contributed by atoms with Gasteiger partial charge in [-0.3, -0.25) is 0 Å². The predicted octanol–water partition coefficient (Wildman–Crippen LogP) is 2.66. The highest BCUT2D eigenvalue weighted by atomic mass is 16.2. The molecule has 2 aromatic heterocycles. The standard InChI is InChI=1S/C18H20N6O/c1-23(2)17-10-6-7-14(21-17)11-19-18(25)22-15-12-20-24(13-15)16-8-4-3-5-9-16/h3-10,12-13H,11H2,1-2H3,(H2,19,22,25). The van der Waals surface area contributed by atoms with Gasteiger partial charge in [0.15, 0.2) is 0 Å². The highest BCUT2D eigenvalue weighted by Gasteiger charge is 2.06. The van der Waals surface area contributed by atoms with Crippen LogP contribution in [0.5, 0.6) is 0 Å². The molecule has 0 radical (unpaired) electrons. The summed E-state index contributed by atoms with van der Waals surface area (Å²) >= 11 is 0. The second kappa shape index (κ2) is 7.48. The van der Waals surface area contributed by atoms with Crippen molar-refractivity contribution in [1.82, 2.24) is 20.1 Å².